The van der Waals surface area contributed by atoms with Crippen molar-refractivity contribution in [1.29, 1.82) is 5.26 Å². The number of hydrogen-bond acceptors (Lipinski definition) is 1. The standard InChI is InChI=1S/C8H8FN.C2H6/c1-3-5-8(9)7(4-2)6-10;1-2/h3-5H,2H2,1H3;1-2H3/b5-3-,8-7-;. The first-order chi connectivity index (χ1) is 5.76. The fourth-order valence-corrected chi connectivity index (χ4v) is 0.433. The van der Waals surface area contributed by atoms with Gasteiger partial charge < -0.3 is 0 Å². The van der Waals surface area contributed by atoms with Crippen molar-refractivity contribution in [3.8, 4) is 6.07 Å². The second-order valence-electron chi connectivity index (χ2n) is 1.58. The fraction of sp³-hybridized carbons (Fsp3) is 0.300. The van der Waals surface area contributed by atoms with Crippen LogP contribution in [-0.4, -0.2) is 0 Å². The van der Waals surface area contributed by atoms with E-state index in [1.54, 1.807) is 13.0 Å². The summed E-state index contributed by atoms with van der Waals surface area (Å²) in [6, 6.07) is 1.67. The molecule has 1 nitrogen and oxygen atoms in total. The Labute approximate surface area is 73.5 Å². The summed E-state index contributed by atoms with van der Waals surface area (Å²) in [7, 11) is 0. The highest BCUT2D eigenvalue weighted by atomic mass is 19.1. The maximum atomic E-state index is 12.6. The van der Waals surface area contributed by atoms with Crippen molar-refractivity contribution in [3.05, 3.63) is 36.2 Å². The number of hydrogen-bond donors (Lipinski definition) is 0. The molecule has 2 heteroatoms. The average Bonchev–Trinajstić information content (AvgIpc) is 2.11. The monoisotopic (exact) mass is 167 g/mol. The Morgan fingerprint density at radius 3 is 2.25 bits per heavy atom. The lowest BCUT2D eigenvalue weighted by Gasteiger charge is -1.86. The molecular weight excluding hydrogens is 153 g/mol. The van der Waals surface area contributed by atoms with E-state index >= 15 is 0 Å². The van der Waals surface area contributed by atoms with Gasteiger partial charge in [-0.25, -0.2) is 4.39 Å². The Balaban J connectivity index is 0. The van der Waals surface area contributed by atoms with Crippen LogP contribution in [0.2, 0.25) is 0 Å². The van der Waals surface area contributed by atoms with Crippen LogP contribution in [0.25, 0.3) is 0 Å². The highest BCUT2D eigenvalue weighted by molar-refractivity contribution is 5.38. The third-order valence-electron chi connectivity index (χ3n) is 0.895. The third kappa shape index (κ3) is 5.43. The second-order valence-corrected chi connectivity index (χ2v) is 1.58. The molecule has 0 aliphatic heterocycles. The molecule has 12 heavy (non-hydrogen) atoms. The highest BCUT2D eigenvalue weighted by Gasteiger charge is 1.95. The van der Waals surface area contributed by atoms with Crippen LogP contribution in [0.3, 0.4) is 0 Å². The molecule has 0 amide bonds. The van der Waals surface area contributed by atoms with Gasteiger partial charge in [-0.1, -0.05) is 26.5 Å². The predicted molar refractivity (Wildman–Crippen MR) is 50.1 cm³/mol. The molecule has 0 aromatic rings. The summed E-state index contributed by atoms with van der Waals surface area (Å²) in [5, 5.41) is 8.27. The van der Waals surface area contributed by atoms with Crippen LogP contribution in [0.4, 0.5) is 4.39 Å². The highest BCUT2D eigenvalue weighted by Crippen LogP contribution is 2.07. The van der Waals surface area contributed by atoms with Crippen molar-refractivity contribution in [2.24, 2.45) is 0 Å². The Morgan fingerprint density at radius 2 is 2.00 bits per heavy atom. The van der Waals surface area contributed by atoms with E-state index in [-0.39, 0.29) is 5.57 Å². The van der Waals surface area contributed by atoms with Gasteiger partial charge in [0.2, 0.25) is 0 Å². The zero-order chi connectivity index (χ0) is 9.98. The van der Waals surface area contributed by atoms with E-state index in [4.69, 9.17) is 5.26 Å². The van der Waals surface area contributed by atoms with Gasteiger partial charge in [-0.3, -0.25) is 0 Å². The normalized spacial score (nSPS) is 10.9. The van der Waals surface area contributed by atoms with Gasteiger partial charge in [0.15, 0.2) is 0 Å². The largest absolute Gasteiger partial charge is 0.206 e. The number of nitriles is 1. The smallest absolute Gasteiger partial charge is 0.140 e. The SMILES string of the molecule is C=C/C(C#N)=C(F)\C=C/C.CC. The van der Waals surface area contributed by atoms with E-state index in [2.05, 4.69) is 6.58 Å². The van der Waals surface area contributed by atoms with Gasteiger partial charge in [-0.05, 0) is 19.1 Å². The molecule has 0 heterocycles. The van der Waals surface area contributed by atoms with Gasteiger partial charge in [-0.15, -0.1) is 0 Å². The van der Waals surface area contributed by atoms with Crippen LogP contribution in [0, 0.1) is 11.3 Å². The topological polar surface area (TPSA) is 23.8 Å². The molecular formula is C10H14FN. The summed E-state index contributed by atoms with van der Waals surface area (Å²) in [6.07, 6.45) is 3.94. The van der Waals surface area contributed by atoms with Gasteiger partial charge in [0.1, 0.15) is 11.9 Å². The predicted octanol–water partition coefficient (Wildman–Crippen LogP) is 3.52. The quantitative estimate of drug-likeness (QED) is 0.456. The van der Waals surface area contributed by atoms with Gasteiger partial charge in [-0.2, -0.15) is 5.26 Å². The first-order valence-corrected chi connectivity index (χ1v) is 3.81. The molecule has 0 saturated carbocycles. The zero-order valence-corrected chi connectivity index (χ0v) is 7.76. The number of allylic oxidation sites excluding steroid dienone is 5. The van der Waals surface area contributed by atoms with Crippen LogP contribution in [0.15, 0.2) is 36.2 Å². The fourth-order valence-electron chi connectivity index (χ4n) is 0.433. The maximum absolute atomic E-state index is 12.6. The van der Waals surface area contributed by atoms with E-state index < -0.39 is 5.83 Å². The van der Waals surface area contributed by atoms with Crippen molar-refractivity contribution in [1.82, 2.24) is 0 Å². The molecule has 0 unspecified atom stereocenters. The van der Waals surface area contributed by atoms with Crippen molar-refractivity contribution in [3.63, 3.8) is 0 Å². The maximum Gasteiger partial charge on any atom is 0.140 e. The van der Waals surface area contributed by atoms with Gasteiger partial charge in [0.05, 0.1) is 5.57 Å². The third-order valence-corrected chi connectivity index (χ3v) is 0.895. The molecule has 0 aliphatic carbocycles. The summed E-state index contributed by atoms with van der Waals surface area (Å²) in [5.41, 5.74) is -0.0295. The summed E-state index contributed by atoms with van der Waals surface area (Å²) >= 11 is 0. The molecule has 0 fully saturated rings. The summed E-state index contributed by atoms with van der Waals surface area (Å²) < 4.78 is 12.6. The summed E-state index contributed by atoms with van der Waals surface area (Å²) in [4.78, 5) is 0. The van der Waals surface area contributed by atoms with Crippen LogP contribution >= 0.6 is 0 Å². The van der Waals surface area contributed by atoms with Crippen molar-refractivity contribution < 1.29 is 4.39 Å². The lowest BCUT2D eigenvalue weighted by atomic mass is 10.2. The van der Waals surface area contributed by atoms with Gasteiger partial charge in [0, 0.05) is 0 Å². The lowest BCUT2D eigenvalue weighted by Crippen LogP contribution is -1.74. The molecule has 0 aliphatic rings. The minimum atomic E-state index is -0.542. The lowest BCUT2D eigenvalue weighted by molar-refractivity contribution is 0.662. The van der Waals surface area contributed by atoms with Crippen LogP contribution < -0.4 is 0 Å². The van der Waals surface area contributed by atoms with E-state index in [0.29, 0.717) is 0 Å². The molecule has 0 aromatic carbocycles. The Morgan fingerprint density at radius 1 is 1.50 bits per heavy atom. The van der Waals surface area contributed by atoms with Crippen molar-refractivity contribution >= 4 is 0 Å². The summed E-state index contributed by atoms with van der Waals surface area (Å²) in [5.74, 6) is -0.542. The number of rotatable bonds is 2. The molecule has 0 atom stereocenters. The van der Waals surface area contributed by atoms with Crippen LogP contribution in [0.1, 0.15) is 20.8 Å². The number of nitrogens with zero attached hydrogens (tertiary/aromatic N) is 1. The summed E-state index contributed by atoms with van der Waals surface area (Å²) in [6.45, 7) is 8.96. The van der Waals surface area contributed by atoms with Crippen LogP contribution in [0.5, 0.6) is 0 Å². The minimum Gasteiger partial charge on any atom is -0.206 e. The first kappa shape index (κ1) is 13.2. The average molecular weight is 167 g/mol. The van der Waals surface area contributed by atoms with Gasteiger partial charge in [0.25, 0.3) is 0 Å². The Kier molecular flexibility index (Phi) is 10.6. The van der Waals surface area contributed by atoms with Gasteiger partial charge >= 0.3 is 0 Å². The minimum absolute atomic E-state index is 0.0295. The molecule has 0 spiro atoms. The van der Waals surface area contributed by atoms with E-state index in [9.17, 15) is 4.39 Å². The van der Waals surface area contributed by atoms with Crippen LogP contribution in [-0.2, 0) is 0 Å². The molecule has 0 rings (SSSR count). The molecule has 0 radical (unpaired) electrons. The molecule has 0 N–H and O–H groups in total. The van der Waals surface area contributed by atoms with E-state index in [1.807, 2.05) is 13.8 Å². The Bertz CT molecular complexity index is 218. The second kappa shape index (κ2) is 9.64. The first-order valence-electron chi connectivity index (χ1n) is 3.81. The Hall–Kier alpha value is -1.36. The molecule has 0 bridgehead atoms. The molecule has 0 aromatic heterocycles. The number of halogens is 1. The van der Waals surface area contributed by atoms with Crippen molar-refractivity contribution in [2.45, 2.75) is 20.8 Å². The van der Waals surface area contributed by atoms with E-state index in [0.717, 1.165) is 0 Å². The molecule has 66 valence electrons. The molecule has 0 saturated heterocycles. The zero-order valence-electron chi connectivity index (χ0n) is 7.76. The van der Waals surface area contributed by atoms with Crippen molar-refractivity contribution in [2.75, 3.05) is 0 Å². The van der Waals surface area contributed by atoms with E-state index in [1.165, 1.54) is 18.2 Å².